The second-order valence-corrected chi connectivity index (χ2v) is 7.56. The zero-order valence-corrected chi connectivity index (χ0v) is 16.9. The second-order valence-electron chi connectivity index (χ2n) is 7.56. The normalized spacial score (nSPS) is 21.0. The lowest BCUT2D eigenvalue weighted by molar-refractivity contribution is -0.134. The maximum absolute atomic E-state index is 13.8. The van der Waals surface area contributed by atoms with Crippen molar-refractivity contribution < 1.29 is 18.4 Å². The number of hydrogen-bond donors (Lipinski definition) is 1. The van der Waals surface area contributed by atoms with Gasteiger partial charge in [-0.15, -0.1) is 12.4 Å². The summed E-state index contributed by atoms with van der Waals surface area (Å²) in [6.45, 7) is 5.51. The maximum Gasteiger partial charge on any atom is 0.259 e. The molecule has 3 rings (SSSR count). The van der Waals surface area contributed by atoms with Crippen molar-refractivity contribution in [2.45, 2.75) is 26.2 Å². The maximum atomic E-state index is 13.8. The zero-order chi connectivity index (χ0) is 19.4. The molecule has 1 N–H and O–H groups in total. The third kappa shape index (κ3) is 5.20. The Kier molecular flexibility index (Phi) is 8.19. The molecule has 0 radical (unpaired) electrons. The molecule has 156 valence electrons. The molecule has 2 fully saturated rings. The molecule has 0 spiro atoms. The van der Waals surface area contributed by atoms with E-state index in [0.717, 1.165) is 38.1 Å². The first-order valence-electron chi connectivity index (χ1n) is 9.69. The number of amides is 2. The average molecular weight is 416 g/mol. The van der Waals surface area contributed by atoms with E-state index in [-0.39, 0.29) is 31.4 Å². The quantitative estimate of drug-likeness (QED) is 0.822. The number of rotatable bonds is 4. The Bertz CT molecular complexity index is 670. The molecule has 2 saturated heterocycles. The highest BCUT2D eigenvalue weighted by molar-refractivity contribution is 5.95. The summed E-state index contributed by atoms with van der Waals surface area (Å²) in [6.07, 6.45) is 2.80. The van der Waals surface area contributed by atoms with E-state index in [0.29, 0.717) is 31.3 Å². The van der Waals surface area contributed by atoms with Crippen molar-refractivity contribution in [1.82, 2.24) is 15.1 Å². The van der Waals surface area contributed by atoms with Crippen LogP contribution in [0, 0.1) is 23.5 Å². The molecular weight excluding hydrogens is 388 g/mol. The molecule has 1 aromatic carbocycles. The lowest BCUT2D eigenvalue weighted by Gasteiger charge is -2.36. The Morgan fingerprint density at radius 1 is 1.14 bits per heavy atom. The predicted octanol–water partition coefficient (Wildman–Crippen LogP) is 2.70. The fourth-order valence-electron chi connectivity index (χ4n) is 3.95. The van der Waals surface area contributed by atoms with Gasteiger partial charge < -0.3 is 15.1 Å². The van der Waals surface area contributed by atoms with Crippen LogP contribution in [-0.4, -0.2) is 60.9 Å². The highest BCUT2D eigenvalue weighted by Crippen LogP contribution is 2.24. The standard InChI is InChI=1S/C20H27F2N3O2.ClH/c1-14(15-4-3-7-23-13-15)12-18(26)24-8-10-25(11-9-24)20(27)19-16(21)5-2-6-17(19)22;/h2,5-6,14-15,23H,3-4,7-13H2,1H3;1H. The predicted molar refractivity (Wildman–Crippen MR) is 105 cm³/mol. The van der Waals surface area contributed by atoms with Gasteiger partial charge in [0.2, 0.25) is 5.91 Å². The lowest BCUT2D eigenvalue weighted by atomic mass is 9.85. The monoisotopic (exact) mass is 415 g/mol. The van der Waals surface area contributed by atoms with Gasteiger partial charge in [0, 0.05) is 32.6 Å². The van der Waals surface area contributed by atoms with E-state index in [1.54, 1.807) is 4.90 Å². The van der Waals surface area contributed by atoms with Gasteiger partial charge in [-0.05, 0) is 49.9 Å². The summed E-state index contributed by atoms with van der Waals surface area (Å²) < 4.78 is 27.6. The summed E-state index contributed by atoms with van der Waals surface area (Å²) in [7, 11) is 0. The summed E-state index contributed by atoms with van der Waals surface area (Å²) in [6, 6.07) is 3.40. The van der Waals surface area contributed by atoms with Crippen LogP contribution < -0.4 is 5.32 Å². The lowest BCUT2D eigenvalue weighted by Crippen LogP contribution is -2.51. The molecule has 0 saturated carbocycles. The number of halogens is 3. The van der Waals surface area contributed by atoms with Gasteiger partial charge >= 0.3 is 0 Å². The SMILES string of the molecule is CC(CC(=O)N1CCN(C(=O)c2c(F)cccc2F)CC1)C1CCCNC1.Cl. The van der Waals surface area contributed by atoms with Gasteiger partial charge in [0.25, 0.3) is 5.91 Å². The number of hydrogen-bond acceptors (Lipinski definition) is 3. The van der Waals surface area contributed by atoms with Gasteiger partial charge in [0.1, 0.15) is 17.2 Å². The molecule has 2 unspecified atom stereocenters. The number of carbonyl (C=O) groups excluding carboxylic acids is 2. The van der Waals surface area contributed by atoms with Crippen LogP contribution >= 0.6 is 12.4 Å². The molecule has 2 aliphatic heterocycles. The van der Waals surface area contributed by atoms with Crippen molar-refractivity contribution in [1.29, 1.82) is 0 Å². The van der Waals surface area contributed by atoms with Crippen LogP contribution in [0.25, 0.3) is 0 Å². The van der Waals surface area contributed by atoms with Crippen LogP contribution in [0.3, 0.4) is 0 Å². The van der Waals surface area contributed by atoms with Crippen molar-refractivity contribution in [3.8, 4) is 0 Å². The molecule has 0 aromatic heterocycles. The van der Waals surface area contributed by atoms with Gasteiger partial charge in [0.15, 0.2) is 0 Å². The van der Waals surface area contributed by atoms with Crippen LogP contribution in [0.5, 0.6) is 0 Å². The van der Waals surface area contributed by atoms with E-state index in [1.165, 1.54) is 11.0 Å². The molecule has 28 heavy (non-hydrogen) atoms. The number of piperidine rings is 1. The zero-order valence-electron chi connectivity index (χ0n) is 16.1. The molecule has 0 aliphatic carbocycles. The molecule has 8 heteroatoms. The molecule has 0 bridgehead atoms. The van der Waals surface area contributed by atoms with Crippen molar-refractivity contribution in [3.63, 3.8) is 0 Å². The van der Waals surface area contributed by atoms with Crippen LogP contribution in [0.4, 0.5) is 8.78 Å². The number of nitrogens with zero attached hydrogens (tertiary/aromatic N) is 2. The van der Waals surface area contributed by atoms with Crippen molar-refractivity contribution in [3.05, 3.63) is 35.4 Å². The van der Waals surface area contributed by atoms with E-state index >= 15 is 0 Å². The highest BCUT2D eigenvalue weighted by atomic mass is 35.5. The van der Waals surface area contributed by atoms with Gasteiger partial charge in [-0.25, -0.2) is 8.78 Å². The number of piperazine rings is 1. The highest BCUT2D eigenvalue weighted by Gasteiger charge is 2.29. The summed E-state index contributed by atoms with van der Waals surface area (Å²) >= 11 is 0. The van der Waals surface area contributed by atoms with Crippen molar-refractivity contribution >= 4 is 24.2 Å². The smallest absolute Gasteiger partial charge is 0.259 e. The first kappa shape index (κ1) is 22.6. The summed E-state index contributed by atoms with van der Waals surface area (Å²) in [5.74, 6) is -1.43. The van der Waals surface area contributed by atoms with Crippen LogP contribution in [0.2, 0.25) is 0 Å². The Morgan fingerprint density at radius 3 is 2.32 bits per heavy atom. The summed E-state index contributed by atoms with van der Waals surface area (Å²) in [4.78, 5) is 28.2. The Labute approximate surface area is 170 Å². The minimum absolute atomic E-state index is 0. The molecule has 1 aromatic rings. The third-order valence-electron chi connectivity index (χ3n) is 5.73. The molecule has 2 atom stereocenters. The van der Waals surface area contributed by atoms with Crippen molar-refractivity contribution in [2.24, 2.45) is 11.8 Å². The Balaban J connectivity index is 0.00000280. The van der Waals surface area contributed by atoms with Gasteiger partial charge in [0.05, 0.1) is 0 Å². The number of nitrogens with one attached hydrogen (secondary N) is 1. The molecular formula is C20H28ClF2N3O2. The van der Waals surface area contributed by atoms with E-state index in [1.807, 2.05) is 0 Å². The van der Waals surface area contributed by atoms with Crippen LogP contribution in [0.15, 0.2) is 18.2 Å². The van der Waals surface area contributed by atoms with Crippen LogP contribution in [-0.2, 0) is 4.79 Å². The minimum Gasteiger partial charge on any atom is -0.339 e. The fraction of sp³-hybridized carbons (Fsp3) is 0.600. The molecule has 2 heterocycles. The van der Waals surface area contributed by atoms with Crippen LogP contribution in [0.1, 0.15) is 36.5 Å². The largest absolute Gasteiger partial charge is 0.339 e. The Morgan fingerprint density at radius 2 is 1.75 bits per heavy atom. The number of benzene rings is 1. The van der Waals surface area contributed by atoms with Gasteiger partial charge in [-0.2, -0.15) is 0 Å². The van der Waals surface area contributed by atoms with E-state index in [9.17, 15) is 18.4 Å². The second kappa shape index (κ2) is 10.2. The first-order chi connectivity index (χ1) is 13.0. The van der Waals surface area contributed by atoms with E-state index < -0.39 is 23.1 Å². The van der Waals surface area contributed by atoms with Gasteiger partial charge in [-0.1, -0.05) is 13.0 Å². The van der Waals surface area contributed by atoms with Gasteiger partial charge in [-0.3, -0.25) is 9.59 Å². The number of carbonyl (C=O) groups is 2. The third-order valence-corrected chi connectivity index (χ3v) is 5.73. The van der Waals surface area contributed by atoms with E-state index in [4.69, 9.17) is 0 Å². The minimum atomic E-state index is -0.853. The molecule has 2 amide bonds. The topological polar surface area (TPSA) is 52.7 Å². The first-order valence-corrected chi connectivity index (χ1v) is 9.69. The molecule has 5 nitrogen and oxygen atoms in total. The molecule has 2 aliphatic rings. The Hall–Kier alpha value is -1.73. The van der Waals surface area contributed by atoms with E-state index in [2.05, 4.69) is 12.2 Å². The van der Waals surface area contributed by atoms with Crippen molar-refractivity contribution in [2.75, 3.05) is 39.3 Å². The summed E-state index contributed by atoms with van der Waals surface area (Å²) in [5, 5.41) is 3.38. The average Bonchev–Trinajstić information content (AvgIpc) is 2.68. The summed E-state index contributed by atoms with van der Waals surface area (Å²) in [5.41, 5.74) is -0.518. The fourth-order valence-corrected chi connectivity index (χ4v) is 3.95.